The lowest BCUT2D eigenvalue weighted by molar-refractivity contribution is 0.155. The monoisotopic (exact) mass is 352 g/mol. The van der Waals surface area contributed by atoms with Crippen LogP contribution in [0.25, 0.3) is 5.82 Å². The van der Waals surface area contributed by atoms with Crippen LogP contribution in [0.4, 0.5) is 10.5 Å². The van der Waals surface area contributed by atoms with E-state index in [0.29, 0.717) is 11.7 Å². The van der Waals surface area contributed by atoms with Gasteiger partial charge in [0, 0.05) is 12.3 Å². The van der Waals surface area contributed by atoms with Crippen molar-refractivity contribution >= 4 is 11.8 Å². The third kappa shape index (κ3) is 4.04. The van der Waals surface area contributed by atoms with Gasteiger partial charge in [0.15, 0.2) is 5.82 Å². The maximum atomic E-state index is 12.5. The molecule has 8 heteroatoms. The summed E-state index contributed by atoms with van der Waals surface area (Å²) in [6.45, 7) is 0.109. The molecule has 3 rings (SSSR count). The largest absolute Gasteiger partial charge is 0.480 e. The van der Waals surface area contributed by atoms with Gasteiger partial charge >= 0.3 is 6.09 Å². The van der Waals surface area contributed by atoms with Crippen LogP contribution in [-0.2, 0) is 11.3 Å². The van der Waals surface area contributed by atoms with Crippen molar-refractivity contribution in [3.8, 4) is 11.7 Å². The fourth-order valence-electron chi connectivity index (χ4n) is 2.19. The summed E-state index contributed by atoms with van der Waals surface area (Å²) >= 11 is 0. The number of aromatic nitrogens is 3. The van der Waals surface area contributed by atoms with Gasteiger partial charge < -0.3 is 9.47 Å². The Bertz CT molecular complexity index is 939. The quantitative estimate of drug-likeness (QED) is 0.757. The second-order valence-electron chi connectivity index (χ2n) is 5.22. The molecule has 0 unspecified atom stereocenters. The molecule has 26 heavy (non-hydrogen) atoms. The minimum absolute atomic E-state index is 0.0724. The lowest BCUT2D eigenvalue weighted by Gasteiger charge is -2.09. The van der Waals surface area contributed by atoms with Gasteiger partial charge in [0.25, 0.3) is 5.56 Å². The fourth-order valence-corrected chi connectivity index (χ4v) is 2.19. The van der Waals surface area contributed by atoms with Crippen LogP contribution >= 0.6 is 0 Å². The van der Waals surface area contributed by atoms with E-state index in [2.05, 4.69) is 15.5 Å². The Morgan fingerprint density at radius 1 is 1.08 bits per heavy atom. The second-order valence-corrected chi connectivity index (χ2v) is 5.22. The van der Waals surface area contributed by atoms with Crippen LogP contribution in [0.15, 0.2) is 65.6 Å². The highest BCUT2D eigenvalue weighted by Crippen LogP contribution is 2.08. The van der Waals surface area contributed by atoms with Gasteiger partial charge in [-0.1, -0.05) is 30.3 Å². The lowest BCUT2D eigenvalue weighted by atomic mass is 10.2. The molecule has 8 nitrogen and oxygen atoms in total. The summed E-state index contributed by atoms with van der Waals surface area (Å²) in [5, 5.41) is 10.2. The zero-order valence-corrected chi connectivity index (χ0v) is 14.0. The molecule has 0 radical (unpaired) electrons. The van der Waals surface area contributed by atoms with Crippen LogP contribution in [0.5, 0.6) is 5.88 Å². The summed E-state index contributed by atoms with van der Waals surface area (Å²) in [7, 11) is 1.47. The van der Waals surface area contributed by atoms with Crippen LogP contribution < -0.4 is 15.6 Å². The number of benzene rings is 1. The molecule has 0 fully saturated rings. The average Bonchev–Trinajstić information content (AvgIpc) is 2.69. The molecule has 0 bridgehead atoms. The number of carbonyl (C=O) groups is 1. The van der Waals surface area contributed by atoms with Gasteiger partial charge in [-0.3, -0.25) is 14.7 Å². The number of pyridine rings is 1. The third-order valence-electron chi connectivity index (χ3n) is 3.48. The first-order chi connectivity index (χ1) is 12.7. The first-order valence-electron chi connectivity index (χ1n) is 7.75. The predicted molar refractivity (Wildman–Crippen MR) is 94.4 cm³/mol. The number of methoxy groups -OCH3 is 1. The van der Waals surface area contributed by atoms with Crippen molar-refractivity contribution in [3.63, 3.8) is 0 Å². The highest BCUT2D eigenvalue weighted by molar-refractivity contribution is 5.84. The van der Waals surface area contributed by atoms with E-state index in [1.165, 1.54) is 23.9 Å². The van der Waals surface area contributed by atoms with Crippen LogP contribution in [0.1, 0.15) is 5.56 Å². The molecule has 0 aliphatic rings. The molecule has 0 aliphatic carbocycles. The number of hydrogen-bond acceptors (Lipinski definition) is 6. The lowest BCUT2D eigenvalue weighted by Crippen LogP contribution is -2.25. The molecule has 3 aromatic rings. The summed E-state index contributed by atoms with van der Waals surface area (Å²) in [4.78, 5) is 24.5. The molecule has 1 N–H and O–H groups in total. The number of rotatable bonds is 5. The Morgan fingerprint density at radius 2 is 1.88 bits per heavy atom. The highest BCUT2D eigenvalue weighted by Gasteiger charge is 2.10. The van der Waals surface area contributed by atoms with Gasteiger partial charge in [-0.05, 0) is 23.8 Å². The molecule has 2 aromatic heterocycles. The van der Waals surface area contributed by atoms with Gasteiger partial charge in [-0.2, -0.15) is 0 Å². The molecular weight excluding hydrogens is 336 g/mol. The Balaban J connectivity index is 1.72. The van der Waals surface area contributed by atoms with Crippen LogP contribution in [0, 0.1) is 0 Å². The summed E-state index contributed by atoms with van der Waals surface area (Å²) in [6.07, 6.45) is 0.809. The van der Waals surface area contributed by atoms with E-state index < -0.39 is 11.7 Å². The van der Waals surface area contributed by atoms with Crippen LogP contribution in [-0.4, -0.2) is 28.0 Å². The van der Waals surface area contributed by atoms with E-state index in [-0.39, 0.29) is 12.3 Å². The summed E-state index contributed by atoms with van der Waals surface area (Å²) in [5.41, 5.74) is 0.466. The standard InChI is InChI=1S/C18H16N4O4/c1-25-16-10-9-15(20-21-16)22-11-5-8-14(17(22)23)19-18(24)26-12-13-6-3-2-4-7-13/h2-11H,12H2,1H3,(H,19,24). The normalized spacial score (nSPS) is 10.2. The number of hydrogen-bond donors (Lipinski definition) is 1. The number of anilines is 1. The number of carbonyl (C=O) groups excluding carboxylic acids is 1. The predicted octanol–water partition coefficient (Wildman–Crippen LogP) is 2.38. The Labute approximate surface area is 149 Å². The molecular formula is C18H16N4O4. The van der Waals surface area contributed by atoms with Gasteiger partial charge in [0.05, 0.1) is 7.11 Å². The molecule has 0 saturated carbocycles. The van der Waals surface area contributed by atoms with E-state index in [1.807, 2.05) is 30.3 Å². The molecule has 0 aliphatic heterocycles. The number of ether oxygens (including phenoxy) is 2. The Kier molecular flexibility index (Phi) is 5.23. The van der Waals surface area contributed by atoms with Gasteiger partial charge in [0.1, 0.15) is 12.3 Å². The maximum Gasteiger partial charge on any atom is 0.412 e. The summed E-state index contributed by atoms with van der Waals surface area (Å²) in [5.74, 6) is 0.637. The third-order valence-corrected chi connectivity index (χ3v) is 3.48. The molecule has 0 spiro atoms. The molecule has 0 saturated heterocycles. The maximum absolute atomic E-state index is 12.5. The topological polar surface area (TPSA) is 95.3 Å². The van der Waals surface area contributed by atoms with Gasteiger partial charge in [0.2, 0.25) is 5.88 Å². The van der Waals surface area contributed by atoms with Crippen molar-refractivity contribution in [2.45, 2.75) is 6.61 Å². The first-order valence-corrected chi connectivity index (χ1v) is 7.75. The van der Waals surface area contributed by atoms with Gasteiger partial charge in [-0.25, -0.2) is 4.79 Å². The highest BCUT2D eigenvalue weighted by atomic mass is 16.5. The van der Waals surface area contributed by atoms with Crippen molar-refractivity contribution < 1.29 is 14.3 Å². The van der Waals surface area contributed by atoms with E-state index in [1.54, 1.807) is 18.2 Å². The van der Waals surface area contributed by atoms with E-state index in [0.717, 1.165) is 5.56 Å². The zero-order chi connectivity index (χ0) is 18.4. The summed E-state index contributed by atoms with van der Waals surface area (Å²) in [6, 6.07) is 15.5. The molecule has 2 heterocycles. The number of amides is 1. The summed E-state index contributed by atoms with van der Waals surface area (Å²) < 4.78 is 11.3. The smallest absolute Gasteiger partial charge is 0.412 e. The minimum Gasteiger partial charge on any atom is -0.480 e. The van der Waals surface area contributed by atoms with E-state index >= 15 is 0 Å². The van der Waals surface area contributed by atoms with Crippen molar-refractivity contribution in [2.24, 2.45) is 0 Å². The van der Waals surface area contributed by atoms with Gasteiger partial charge in [-0.15, -0.1) is 10.2 Å². The zero-order valence-electron chi connectivity index (χ0n) is 14.0. The average molecular weight is 352 g/mol. The fraction of sp³-hybridized carbons (Fsp3) is 0.111. The number of nitrogens with one attached hydrogen (secondary N) is 1. The SMILES string of the molecule is COc1ccc(-n2cccc(NC(=O)OCc3ccccc3)c2=O)nn1. The Morgan fingerprint density at radius 3 is 2.58 bits per heavy atom. The molecule has 1 amide bonds. The minimum atomic E-state index is -0.718. The second kappa shape index (κ2) is 7.93. The molecule has 132 valence electrons. The molecule has 0 atom stereocenters. The van der Waals surface area contributed by atoms with Crippen molar-refractivity contribution in [1.29, 1.82) is 0 Å². The molecule has 1 aromatic carbocycles. The Hall–Kier alpha value is -3.68. The first kappa shape index (κ1) is 17.2. The van der Waals surface area contributed by atoms with Crippen molar-refractivity contribution in [3.05, 3.63) is 76.7 Å². The van der Waals surface area contributed by atoms with E-state index in [4.69, 9.17) is 9.47 Å². The van der Waals surface area contributed by atoms with Crippen molar-refractivity contribution in [1.82, 2.24) is 14.8 Å². The van der Waals surface area contributed by atoms with Crippen LogP contribution in [0.3, 0.4) is 0 Å². The number of nitrogens with zero attached hydrogens (tertiary/aromatic N) is 3. The van der Waals surface area contributed by atoms with E-state index in [9.17, 15) is 9.59 Å². The van der Waals surface area contributed by atoms with Crippen LogP contribution in [0.2, 0.25) is 0 Å². The van der Waals surface area contributed by atoms with Crippen molar-refractivity contribution in [2.75, 3.05) is 12.4 Å².